The summed E-state index contributed by atoms with van der Waals surface area (Å²) in [7, 11) is 0. The van der Waals surface area contributed by atoms with Crippen molar-refractivity contribution in [1.82, 2.24) is 0 Å². The van der Waals surface area contributed by atoms with Gasteiger partial charge in [0.05, 0.1) is 24.4 Å². The zero-order chi connectivity index (χ0) is 23.1. The standard InChI is InChI=1S/C25H38O7/c26-22(18-5-1-2-6-19(18)23(27)28)14-13-16-9-11-17(12-10-16)15-32-25(31)21-8-4-3-7-20(21)24(29)30/h16-21H,1-15H2,(H,27,28)(H,29,30). The largest absolute Gasteiger partial charge is 0.481 e. The fourth-order valence-electron chi connectivity index (χ4n) is 6.05. The van der Waals surface area contributed by atoms with Gasteiger partial charge in [0, 0.05) is 12.3 Å². The SMILES string of the molecule is O=C(O)C1CCCCC1C(=O)CCC1CCC(COC(=O)C2CCCCC2C(=O)O)CC1. The molecule has 0 heterocycles. The van der Waals surface area contributed by atoms with Crippen molar-refractivity contribution < 1.29 is 34.1 Å². The first-order valence-corrected chi connectivity index (χ1v) is 12.5. The van der Waals surface area contributed by atoms with E-state index in [0.29, 0.717) is 50.5 Å². The second-order valence-electron chi connectivity index (χ2n) is 10.2. The number of carboxylic acids is 2. The molecule has 32 heavy (non-hydrogen) atoms. The Labute approximate surface area is 190 Å². The lowest BCUT2D eigenvalue weighted by Crippen LogP contribution is -2.34. The molecule has 3 fully saturated rings. The molecule has 0 amide bonds. The van der Waals surface area contributed by atoms with Crippen LogP contribution in [0.5, 0.6) is 0 Å². The van der Waals surface area contributed by atoms with Crippen molar-refractivity contribution in [2.45, 2.75) is 89.9 Å². The molecule has 0 aliphatic heterocycles. The Balaban J connectivity index is 1.36. The average molecular weight is 451 g/mol. The Morgan fingerprint density at radius 1 is 0.625 bits per heavy atom. The van der Waals surface area contributed by atoms with Crippen LogP contribution in [0.15, 0.2) is 0 Å². The minimum atomic E-state index is -0.899. The van der Waals surface area contributed by atoms with Crippen molar-refractivity contribution in [2.24, 2.45) is 35.5 Å². The van der Waals surface area contributed by atoms with E-state index in [-0.39, 0.29) is 17.7 Å². The number of hydrogen-bond acceptors (Lipinski definition) is 5. The monoisotopic (exact) mass is 450 g/mol. The van der Waals surface area contributed by atoms with Crippen molar-refractivity contribution in [3.8, 4) is 0 Å². The molecule has 7 heteroatoms. The van der Waals surface area contributed by atoms with Crippen LogP contribution in [0.4, 0.5) is 0 Å². The molecular weight excluding hydrogens is 412 g/mol. The molecule has 0 spiro atoms. The Kier molecular flexibility index (Phi) is 9.11. The topological polar surface area (TPSA) is 118 Å². The maximum Gasteiger partial charge on any atom is 0.309 e. The molecule has 3 rings (SSSR count). The summed E-state index contributed by atoms with van der Waals surface area (Å²) in [5.41, 5.74) is 0. The number of rotatable bonds is 9. The first kappa shape index (κ1) is 24.7. The van der Waals surface area contributed by atoms with E-state index in [1.165, 1.54) is 0 Å². The molecule has 0 aromatic carbocycles. The molecule has 180 valence electrons. The smallest absolute Gasteiger partial charge is 0.309 e. The summed E-state index contributed by atoms with van der Waals surface area (Å²) >= 11 is 0. The van der Waals surface area contributed by atoms with Crippen LogP contribution in [-0.2, 0) is 23.9 Å². The van der Waals surface area contributed by atoms with E-state index in [2.05, 4.69) is 0 Å². The first-order valence-electron chi connectivity index (χ1n) is 12.5. The normalized spacial score (nSPS) is 33.2. The molecular formula is C25H38O7. The molecule has 0 bridgehead atoms. The van der Waals surface area contributed by atoms with Crippen LogP contribution in [0, 0.1) is 35.5 Å². The zero-order valence-corrected chi connectivity index (χ0v) is 19.0. The molecule has 0 aromatic rings. The maximum absolute atomic E-state index is 12.7. The summed E-state index contributed by atoms with van der Waals surface area (Å²) in [6, 6.07) is 0. The first-order chi connectivity index (χ1) is 15.4. The quantitative estimate of drug-likeness (QED) is 0.498. The lowest BCUT2D eigenvalue weighted by atomic mass is 9.74. The van der Waals surface area contributed by atoms with Crippen LogP contribution in [-0.4, -0.2) is 40.5 Å². The minimum absolute atomic E-state index is 0.119. The molecule has 2 N–H and O–H groups in total. The van der Waals surface area contributed by atoms with E-state index in [9.17, 15) is 29.4 Å². The van der Waals surface area contributed by atoms with Crippen LogP contribution < -0.4 is 0 Å². The molecule has 0 saturated heterocycles. The third kappa shape index (κ3) is 6.55. The van der Waals surface area contributed by atoms with Crippen LogP contribution in [0.2, 0.25) is 0 Å². The molecule has 4 atom stereocenters. The molecule has 0 aromatic heterocycles. The Bertz CT molecular complexity index is 622. The van der Waals surface area contributed by atoms with Crippen molar-refractivity contribution >= 4 is 23.7 Å². The average Bonchev–Trinajstić information content (AvgIpc) is 2.81. The van der Waals surface area contributed by atoms with Gasteiger partial charge in [0.15, 0.2) is 0 Å². The minimum Gasteiger partial charge on any atom is -0.481 e. The van der Waals surface area contributed by atoms with Gasteiger partial charge in [-0.2, -0.15) is 0 Å². The third-order valence-electron chi connectivity index (χ3n) is 8.11. The zero-order valence-electron chi connectivity index (χ0n) is 19.0. The van der Waals surface area contributed by atoms with E-state index in [4.69, 9.17) is 4.74 Å². The number of ether oxygens (including phenoxy) is 1. The Hall–Kier alpha value is -1.92. The lowest BCUT2D eigenvalue weighted by molar-refractivity contribution is -0.161. The summed E-state index contributed by atoms with van der Waals surface area (Å²) in [6.07, 6.45) is 11.2. The van der Waals surface area contributed by atoms with Crippen LogP contribution >= 0.6 is 0 Å². The van der Waals surface area contributed by atoms with Gasteiger partial charge in [-0.05, 0) is 56.8 Å². The molecule has 4 unspecified atom stereocenters. The van der Waals surface area contributed by atoms with Crippen molar-refractivity contribution in [2.75, 3.05) is 6.61 Å². The van der Waals surface area contributed by atoms with Gasteiger partial charge < -0.3 is 14.9 Å². The number of aliphatic carboxylic acids is 2. The summed E-state index contributed by atoms with van der Waals surface area (Å²) in [6.45, 7) is 0.357. The number of carbonyl (C=O) groups excluding carboxylic acids is 2. The van der Waals surface area contributed by atoms with Crippen LogP contribution in [0.3, 0.4) is 0 Å². The highest BCUT2D eigenvalue weighted by atomic mass is 16.5. The number of carbonyl (C=O) groups is 4. The van der Waals surface area contributed by atoms with Gasteiger partial charge in [-0.3, -0.25) is 19.2 Å². The van der Waals surface area contributed by atoms with Gasteiger partial charge in [0.1, 0.15) is 5.78 Å². The van der Waals surface area contributed by atoms with Crippen LogP contribution in [0.1, 0.15) is 89.9 Å². The van der Waals surface area contributed by atoms with E-state index in [0.717, 1.165) is 57.8 Å². The Morgan fingerprint density at radius 2 is 1.09 bits per heavy atom. The van der Waals surface area contributed by atoms with E-state index in [1.807, 2.05) is 0 Å². The molecule has 3 aliphatic carbocycles. The highest BCUT2D eigenvalue weighted by Crippen LogP contribution is 2.36. The number of Topliss-reactive ketones (excluding diaryl/α,β-unsaturated/α-hetero) is 1. The highest BCUT2D eigenvalue weighted by molar-refractivity contribution is 5.86. The molecule has 3 saturated carbocycles. The van der Waals surface area contributed by atoms with Crippen molar-refractivity contribution in [3.05, 3.63) is 0 Å². The van der Waals surface area contributed by atoms with Gasteiger partial charge in [0.25, 0.3) is 0 Å². The fourth-order valence-corrected chi connectivity index (χ4v) is 6.05. The Morgan fingerprint density at radius 3 is 1.66 bits per heavy atom. The van der Waals surface area contributed by atoms with Crippen molar-refractivity contribution in [3.63, 3.8) is 0 Å². The van der Waals surface area contributed by atoms with Crippen molar-refractivity contribution in [1.29, 1.82) is 0 Å². The van der Waals surface area contributed by atoms with Gasteiger partial charge in [0.2, 0.25) is 0 Å². The van der Waals surface area contributed by atoms with E-state index in [1.54, 1.807) is 0 Å². The molecule has 7 nitrogen and oxygen atoms in total. The number of esters is 1. The number of carboxylic acid groups (broad SMARTS) is 2. The summed E-state index contributed by atoms with van der Waals surface area (Å²) < 4.78 is 5.54. The third-order valence-corrected chi connectivity index (χ3v) is 8.11. The maximum atomic E-state index is 12.7. The lowest BCUT2D eigenvalue weighted by Gasteiger charge is -2.31. The number of hydrogen-bond donors (Lipinski definition) is 2. The number of ketones is 1. The summed E-state index contributed by atoms with van der Waals surface area (Å²) in [5, 5.41) is 18.8. The summed E-state index contributed by atoms with van der Waals surface area (Å²) in [5.74, 6) is -3.16. The van der Waals surface area contributed by atoms with E-state index < -0.39 is 29.7 Å². The highest BCUT2D eigenvalue weighted by Gasteiger charge is 2.38. The van der Waals surface area contributed by atoms with Gasteiger partial charge in [-0.15, -0.1) is 0 Å². The van der Waals surface area contributed by atoms with Crippen LogP contribution in [0.25, 0.3) is 0 Å². The molecule has 3 aliphatic rings. The molecule has 0 radical (unpaired) electrons. The predicted molar refractivity (Wildman–Crippen MR) is 117 cm³/mol. The second kappa shape index (κ2) is 11.8. The fraction of sp³-hybridized carbons (Fsp3) is 0.840. The van der Waals surface area contributed by atoms with Gasteiger partial charge in [-0.1, -0.05) is 38.5 Å². The predicted octanol–water partition coefficient (Wildman–Crippen LogP) is 4.47. The van der Waals surface area contributed by atoms with Gasteiger partial charge >= 0.3 is 17.9 Å². The van der Waals surface area contributed by atoms with Gasteiger partial charge in [-0.25, -0.2) is 0 Å². The second-order valence-corrected chi connectivity index (χ2v) is 10.2. The van der Waals surface area contributed by atoms with E-state index >= 15 is 0 Å². The summed E-state index contributed by atoms with van der Waals surface area (Å²) in [4.78, 5) is 48.0.